The lowest BCUT2D eigenvalue weighted by Crippen LogP contribution is -2.11. The fourth-order valence-corrected chi connectivity index (χ4v) is 1.34. The van der Waals surface area contributed by atoms with Crippen molar-refractivity contribution < 1.29 is 4.52 Å². The number of alkyl halides is 2. The molecule has 0 N–H and O–H groups in total. The van der Waals surface area contributed by atoms with Crippen LogP contribution in [-0.2, 0) is 6.84 Å². The Balaban J connectivity index is 3.01. The van der Waals surface area contributed by atoms with Gasteiger partial charge in [-0.2, -0.15) is 0 Å². The zero-order chi connectivity index (χ0) is 10.3. The summed E-state index contributed by atoms with van der Waals surface area (Å²) >= 11 is 4.67. The SMILES string of the molecule is CC(C)(C)c1cc(C(C)(I)I)on1. The first-order valence-corrected chi connectivity index (χ1v) is 6.22. The molecule has 0 fully saturated rings. The van der Waals surface area contributed by atoms with E-state index in [0.29, 0.717) is 0 Å². The maximum absolute atomic E-state index is 5.29. The summed E-state index contributed by atoms with van der Waals surface area (Å²) < 4.78 is 5.28. The fourth-order valence-electron chi connectivity index (χ4n) is 0.836. The Morgan fingerprint density at radius 3 is 2.00 bits per heavy atom. The molecule has 0 unspecified atom stereocenters. The summed E-state index contributed by atoms with van der Waals surface area (Å²) in [7, 11) is 0. The third kappa shape index (κ3) is 3.07. The van der Waals surface area contributed by atoms with Crippen LogP contribution in [0.5, 0.6) is 0 Å². The Labute approximate surface area is 106 Å². The second-order valence-corrected chi connectivity index (χ2v) is 10.6. The van der Waals surface area contributed by atoms with Crippen LogP contribution in [0, 0.1) is 0 Å². The van der Waals surface area contributed by atoms with Crippen LogP contribution < -0.4 is 0 Å². The zero-order valence-corrected chi connectivity index (χ0v) is 12.5. The molecule has 13 heavy (non-hydrogen) atoms. The maximum atomic E-state index is 5.29. The molecule has 1 aromatic rings. The molecule has 0 atom stereocenters. The minimum Gasteiger partial charge on any atom is -0.359 e. The normalized spacial score (nSPS) is 13.4. The third-order valence-corrected chi connectivity index (χ3v) is 2.77. The molecule has 0 bridgehead atoms. The fraction of sp³-hybridized carbons (Fsp3) is 0.667. The van der Waals surface area contributed by atoms with Gasteiger partial charge in [-0.25, -0.2) is 0 Å². The van der Waals surface area contributed by atoms with Crippen molar-refractivity contribution in [3.8, 4) is 0 Å². The van der Waals surface area contributed by atoms with E-state index >= 15 is 0 Å². The van der Waals surface area contributed by atoms with E-state index in [2.05, 4.69) is 78.0 Å². The number of aromatic nitrogens is 1. The van der Waals surface area contributed by atoms with Crippen LogP contribution in [0.2, 0.25) is 0 Å². The van der Waals surface area contributed by atoms with Crippen LogP contribution in [0.1, 0.15) is 39.1 Å². The second-order valence-electron chi connectivity index (χ2n) is 4.21. The van der Waals surface area contributed by atoms with Crippen LogP contribution in [0.3, 0.4) is 0 Å². The number of nitrogens with zero attached hydrogens (tertiary/aromatic N) is 1. The van der Waals surface area contributed by atoms with Crippen LogP contribution in [0.4, 0.5) is 0 Å². The molecule has 0 saturated heterocycles. The van der Waals surface area contributed by atoms with Gasteiger partial charge >= 0.3 is 0 Å². The Kier molecular flexibility index (Phi) is 3.32. The van der Waals surface area contributed by atoms with Crippen molar-refractivity contribution >= 4 is 45.2 Å². The molecule has 1 aromatic heterocycles. The Bertz CT molecular complexity index is 265. The molecule has 0 radical (unpaired) electrons. The highest BCUT2D eigenvalue weighted by atomic mass is 127. The molecule has 0 aliphatic heterocycles. The highest BCUT2D eigenvalue weighted by molar-refractivity contribution is 14.2. The first-order chi connectivity index (χ1) is 5.71. The molecule has 1 heterocycles. The maximum Gasteiger partial charge on any atom is 0.162 e. The summed E-state index contributed by atoms with van der Waals surface area (Å²) in [6.07, 6.45) is 0. The van der Waals surface area contributed by atoms with Crippen molar-refractivity contribution in [3.63, 3.8) is 0 Å². The van der Waals surface area contributed by atoms with Gasteiger partial charge in [-0.3, -0.25) is 0 Å². The number of hydrogen-bond donors (Lipinski definition) is 0. The van der Waals surface area contributed by atoms with E-state index in [0.717, 1.165) is 11.5 Å². The Morgan fingerprint density at radius 2 is 1.77 bits per heavy atom. The number of hydrogen-bond acceptors (Lipinski definition) is 2. The van der Waals surface area contributed by atoms with Crippen molar-refractivity contribution in [3.05, 3.63) is 17.5 Å². The van der Waals surface area contributed by atoms with Gasteiger partial charge in [0.25, 0.3) is 0 Å². The predicted octanol–water partition coefficient (Wildman–Crippen LogP) is 4.01. The number of halogens is 2. The molecular weight excluding hydrogens is 392 g/mol. The Hall–Kier alpha value is 0.670. The van der Waals surface area contributed by atoms with Gasteiger partial charge in [0.15, 0.2) is 5.76 Å². The summed E-state index contributed by atoms with van der Waals surface area (Å²) in [6.45, 7) is 8.49. The van der Waals surface area contributed by atoms with Crippen molar-refractivity contribution in [1.29, 1.82) is 0 Å². The van der Waals surface area contributed by atoms with Crippen molar-refractivity contribution in [1.82, 2.24) is 5.16 Å². The minimum absolute atomic E-state index is 0.00792. The molecule has 0 saturated carbocycles. The van der Waals surface area contributed by atoms with Gasteiger partial charge in [0.1, 0.15) is 1.43 Å². The lowest BCUT2D eigenvalue weighted by Gasteiger charge is -2.13. The van der Waals surface area contributed by atoms with Gasteiger partial charge in [0.2, 0.25) is 0 Å². The van der Waals surface area contributed by atoms with Crippen molar-refractivity contribution in [2.24, 2.45) is 0 Å². The first kappa shape index (κ1) is 11.7. The van der Waals surface area contributed by atoms with Gasteiger partial charge < -0.3 is 4.52 Å². The van der Waals surface area contributed by atoms with E-state index in [4.69, 9.17) is 4.52 Å². The molecule has 0 aliphatic carbocycles. The monoisotopic (exact) mass is 405 g/mol. The van der Waals surface area contributed by atoms with Gasteiger partial charge in [0, 0.05) is 11.5 Å². The van der Waals surface area contributed by atoms with E-state index in [-0.39, 0.29) is 6.84 Å². The summed E-state index contributed by atoms with van der Waals surface area (Å²) in [6, 6.07) is 2.04. The van der Waals surface area contributed by atoms with E-state index in [9.17, 15) is 0 Å². The van der Waals surface area contributed by atoms with E-state index < -0.39 is 0 Å². The average molecular weight is 405 g/mol. The van der Waals surface area contributed by atoms with Gasteiger partial charge in [-0.05, 0) is 6.92 Å². The third-order valence-electron chi connectivity index (χ3n) is 1.71. The van der Waals surface area contributed by atoms with Crippen molar-refractivity contribution in [2.45, 2.75) is 34.5 Å². The number of rotatable bonds is 1. The van der Waals surface area contributed by atoms with Crippen LogP contribution in [-0.4, -0.2) is 5.16 Å². The summed E-state index contributed by atoms with van der Waals surface area (Å²) in [4.78, 5) is 0. The zero-order valence-electron chi connectivity index (χ0n) is 8.19. The van der Waals surface area contributed by atoms with E-state index in [1.165, 1.54) is 0 Å². The van der Waals surface area contributed by atoms with Gasteiger partial charge in [-0.15, -0.1) is 0 Å². The molecule has 2 nitrogen and oxygen atoms in total. The predicted molar refractivity (Wildman–Crippen MR) is 70.6 cm³/mol. The lowest BCUT2D eigenvalue weighted by molar-refractivity contribution is 0.366. The first-order valence-electron chi connectivity index (χ1n) is 4.07. The lowest BCUT2D eigenvalue weighted by atomic mass is 9.92. The smallest absolute Gasteiger partial charge is 0.162 e. The van der Waals surface area contributed by atoms with Crippen LogP contribution in [0.25, 0.3) is 0 Å². The van der Waals surface area contributed by atoms with Crippen LogP contribution >= 0.6 is 45.2 Å². The Morgan fingerprint density at radius 1 is 1.23 bits per heavy atom. The summed E-state index contributed by atoms with van der Waals surface area (Å²) in [5, 5.41) is 4.07. The molecule has 0 aliphatic rings. The second kappa shape index (κ2) is 3.67. The minimum atomic E-state index is -0.00792. The standard InChI is InChI=1S/C9H13I2NO/c1-8(2,3)6-5-7(13-12-6)9(4,10)11/h5H,1-4H3. The van der Waals surface area contributed by atoms with Gasteiger partial charge in [0.05, 0.1) is 5.69 Å². The molecule has 0 spiro atoms. The highest BCUT2D eigenvalue weighted by Gasteiger charge is 2.27. The topological polar surface area (TPSA) is 26.0 Å². The quantitative estimate of drug-likeness (QED) is 0.522. The molecule has 1 rings (SSSR count). The van der Waals surface area contributed by atoms with Crippen molar-refractivity contribution in [2.75, 3.05) is 0 Å². The molecular formula is C9H13I2NO. The van der Waals surface area contributed by atoms with Gasteiger partial charge in [-0.1, -0.05) is 71.1 Å². The van der Waals surface area contributed by atoms with E-state index in [1.807, 2.05) is 6.07 Å². The molecule has 74 valence electrons. The average Bonchev–Trinajstić information content (AvgIpc) is 2.28. The molecule has 4 heteroatoms. The molecule has 0 aromatic carbocycles. The summed E-state index contributed by atoms with van der Waals surface area (Å²) in [5.74, 6) is 0.929. The highest BCUT2D eigenvalue weighted by Crippen LogP contribution is 2.39. The van der Waals surface area contributed by atoms with E-state index in [1.54, 1.807) is 0 Å². The largest absolute Gasteiger partial charge is 0.359 e. The summed E-state index contributed by atoms with van der Waals surface area (Å²) in [5.41, 5.74) is 1.09. The molecule has 0 amide bonds. The van der Waals surface area contributed by atoms with Crippen LogP contribution in [0.15, 0.2) is 10.6 Å².